The van der Waals surface area contributed by atoms with Crippen molar-refractivity contribution in [2.75, 3.05) is 18.1 Å². The van der Waals surface area contributed by atoms with Gasteiger partial charge in [-0.25, -0.2) is 0 Å². The molecular formula is C7H16N2O2S. The van der Waals surface area contributed by atoms with E-state index < -0.39 is 16.7 Å². The Morgan fingerprint density at radius 2 is 2.17 bits per heavy atom. The average molecular weight is 192 g/mol. The third-order valence-electron chi connectivity index (χ3n) is 1.50. The van der Waals surface area contributed by atoms with E-state index in [2.05, 4.69) is 0 Å². The van der Waals surface area contributed by atoms with Gasteiger partial charge in [-0.3, -0.25) is 9.00 Å². The fourth-order valence-electron chi connectivity index (χ4n) is 0.689. The fraction of sp³-hybridized carbons (Fsp3) is 0.857. The van der Waals surface area contributed by atoms with Gasteiger partial charge < -0.3 is 11.5 Å². The minimum Gasteiger partial charge on any atom is -0.369 e. The summed E-state index contributed by atoms with van der Waals surface area (Å²) in [5, 5.41) is 0. The molecule has 0 aliphatic rings. The molecule has 4 N–H and O–H groups in total. The second-order valence-corrected chi connectivity index (χ2v) is 4.38. The monoisotopic (exact) mass is 192 g/mol. The van der Waals surface area contributed by atoms with Crippen LogP contribution in [-0.2, 0) is 15.6 Å². The van der Waals surface area contributed by atoms with Crippen LogP contribution in [0.25, 0.3) is 0 Å². The molecule has 5 heteroatoms. The first-order valence-corrected chi connectivity index (χ1v) is 5.41. The molecule has 0 fully saturated rings. The minimum atomic E-state index is -0.951. The molecule has 0 aliphatic heterocycles. The number of rotatable bonds is 6. The first-order valence-electron chi connectivity index (χ1n) is 3.92. The number of hydrogen-bond donors (Lipinski definition) is 2. The van der Waals surface area contributed by atoms with Gasteiger partial charge >= 0.3 is 0 Å². The highest BCUT2D eigenvalue weighted by Gasteiger charge is 2.11. The Kier molecular flexibility index (Phi) is 5.92. The Morgan fingerprint density at radius 1 is 1.58 bits per heavy atom. The molecule has 0 aliphatic carbocycles. The molecule has 72 valence electrons. The highest BCUT2D eigenvalue weighted by atomic mass is 32.2. The highest BCUT2D eigenvalue weighted by Crippen LogP contribution is 1.98. The van der Waals surface area contributed by atoms with Gasteiger partial charge in [0, 0.05) is 28.2 Å². The van der Waals surface area contributed by atoms with E-state index in [1.807, 2.05) is 0 Å². The number of hydrogen-bond acceptors (Lipinski definition) is 3. The van der Waals surface area contributed by atoms with E-state index in [4.69, 9.17) is 11.5 Å². The summed E-state index contributed by atoms with van der Waals surface area (Å²) in [6.45, 7) is 2.22. The van der Waals surface area contributed by atoms with Gasteiger partial charge in [-0.2, -0.15) is 0 Å². The molecule has 0 saturated carbocycles. The molecule has 0 aromatic heterocycles. The number of primary amides is 1. The fourth-order valence-corrected chi connectivity index (χ4v) is 2.07. The molecule has 2 unspecified atom stereocenters. The second kappa shape index (κ2) is 6.14. The molecule has 4 nitrogen and oxygen atoms in total. The lowest BCUT2D eigenvalue weighted by Gasteiger charge is -2.05. The van der Waals surface area contributed by atoms with Crippen molar-refractivity contribution >= 4 is 16.7 Å². The van der Waals surface area contributed by atoms with Gasteiger partial charge in [0.1, 0.15) is 0 Å². The van der Waals surface area contributed by atoms with Crippen LogP contribution in [0.4, 0.5) is 0 Å². The van der Waals surface area contributed by atoms with Crippen molar-refractivity contribution in [3.8, 4) is 0 Å². The van der Waals surface area contributed by atoms with Gasteiger partial charge in [-0.15, -0.1) is 0 Å². The van der Waals surface area contributed by atoms with Crippen LogP contribution in [0.2, 0.25) is 0 Å². The zero-order valence-corrected chi connectivity index (χ0v) is 8.10. The molecule has 0 rings (SSSR count). The summed E-state index contributed by atoms with van der Waals surface area (Å²) in [6.07, 6.45) is 0.734. The Balaban J connectivity index is 3.61. The zero-order valence-electron chi connectivity index (χ0n) is 7.29. The molecule has 0 heterocycles. The Bertz CT molecular complexity index is 173. The Labute approximate surface area is 75.1 Å². The number of nitrogens with two attached hydrogens (primary N) is 2. The standard InChI is InChI=1S/C7H16N2O2S/c1-6(7(9)10)5-12(11)4-2-3-8/h6H,2-5,8H2,1H3,(H2,9,10). The molecule has 0 aromatic carbocycles. The van der Waals surface area contributed by atoms with Gasteiger partial charge in [0.05, 0.1) is 0 Å². The largest absolute Gasteiger partial charge is 0.369 e. The van der Waals surface area contributed by atoms with Crippen LogP contribution in [0, 0.1) is 5.92 Å². The van der Waals surface area contributed by atoms with E-state index in [0.29, 0.717) is 18.1 Å². The van der Waals surface area contributed by atoms with Crippen molar-refractivity contribution in [3.05, 3.63) is 0 Å². The molecule has 1 amide bonds. The van der Waals surface area contributed by atoms with E-state index in [1.54, 1.807) is 6.92 Å². The van der Waals surface area contributed by atoms with Crippen LogP contribution in [0.5, 0.6) is 0 Å². The van der Waals surface area contributed by atoms with E-state index in [1.165, 1.54) is 0 Å². The summed E-state index contributed by atoms with van der Waals surface area (Å²) < 4.78 is 11.2. The van der Waals surface area contributed by atoms with Gasteiger partial charge in [0.25, 0.3) is 0 Å². The predicted molar refractivity (Wildman–Crippen MR) is 49.9 cm³/mol. The Hall–Kier alpha value is -0.420. The normalized spacial score (nSPS) is 15.5. The molecule has 0 saturated heterocycles. The SMILES string of the molecule is CC(CS(=O)CCCN)C(N)=O. The molecule has 2 atom stereocenters. The number of amides is 1. The lowest BCUT2D eigenvalue weighted by molar-refractivity contribution is -0.120. The van der Waals surface area contributed by atoms with Crippen LogP contribution in [0.3, 0.4) is 0 Å². The van der Waals surface area contributed by atoms with Crippen molar-refractivity contribution in [2.45, 2.75) is 13.3 Å². The summed E-state index contributed by atoms with van der Waals surface area (Å²) in [7, 11) is -0.951. The van der Waals surface area contributed by atoms with Crippen LogP contribution >= 0.6 is 0 Å². The minimum absolute atomic E-state index is 0.302. The quantitative estimate of drug-likeness (QED) is 0.578. The van der Waals surface area contributed by atoms with Gasteiger partial charge in [-0.05, 0) is 13.0 Å². The average Bonchev–Trinajstić information content (AvgIpc) is 2.00. The smallest absolute Gasteiger partial charge is 0.221 e. The summed E-state index contributed by atoms with van der Waals surface area (Å²) in [5.74, 6) is 0.225. The van der Waals surface area contributed by atoms with Crippen molar-refractivity contribution in [1.29, 1.82) is 0 Å². The van der Waals surface area contributed by atoms with Crippen molar-refractivity contribution in [2.24, 2.45) is 17.4 Å². The zero-order chi connectivity index (χ0) is 9.56. The maximum atomic E-state index is 11.2. The lowest BCUT2D eigenvalue weighted by atomic mass is 10.2. The van der Waals surface area contributed by atoms with E-state index in [-0.39, 0.29) is 5.92 Å². The summed E-state index contributed by atoms with van der Waals surface area (Å²) in [4.78, 5) is 10.6. The highest BCUT2D eigenvalue weighted by molar-refractivity contribution is 7.85. The third-order valence-corrected chi connectivity index (χ3v) is 3.11. The van der Waals surface area contributed by atoms with Crippen molar-refractivity contribution in [1.82, 2.24) is 0 Å². The van der Waals surface area contributed by atoms with Crippen LogP contribution in [0.1, 0.15) is 13.3 Å². The third kappa shape index (κ3) is 5.26. The van der Waals surface area contributed by atoms with Crippen molar-refractivity contribution in [3.63, 3.8) is 0 Å². The number of carbonyl (C=O) groups excluding carboxylic acids is 1. The van der Waals surface area contributed by atoms with Gasteiger partial charge in [-0.1, -0.05) is 6.92 Å². The van der Waals surface area contributed by atoms with Crippen molar-refractivity contribution < 1.29 is 9.00 Å². The van der Waals surface area contributed by atoms with E-state index >= 15 is 0 Å². The van der Waals surface area contributed by atoms with Crippen LogP contribution in [-0.4, -0.2) is 28.2 Å². The number of carbonyl (C=O) groups is 1. The lowest BCUT2D eigenvalue weighted by Crippen LogP contribution is -2.26. The van der Waals surface area contributed by atoms with Crippen LogP contribution in [0.15, 0.2) is 0 Å². The van der Waals surface area contributed by atoms with E-state index in [9.17, 15) is 9.00 Å². The summed E-state index contributed by atoms with van der Waals surface area (Å²) in [6, 6.07) is 0. The predicted octanol–water partition coefficient (Wildman–Crippen LogP) is -0.795. The molecule has 0 radical (unpaired) electrons. The molecule has 0 aromatic rings. The summed E-state index contributed by atoms with van der Waals surface area (Å²) in [5.41, 5.74) is 10.3. The first-order chi connectivity index (χ1) is 5.57. The van der Waals surface area contributed by atoms with E-state index in [0.717, 1.165) is 6.42 Å². The van der Waals surface area contributed by atoms with Gasteiger partial charge in [0.2, 0.25) is 5.91 Å². The molecular weight excluding hydrogens is 176 g/mol. The molecule has 12 heavy (non-hydrogen) atoms. The Morgan fingerprint density at radius 3 is 2.58 bits per heavy atom. The van der Waals surface area contributed by atoms with Crippen LogP contribution < -0.4 is 11.5 Å². The molecule has 0 bridgehead atoms. The second-order valence-electron chi connectivity index (χ2n) is 2.76. The first kappa shape index (κ1) is 11.6. The summed E-state index contributed by atoms with van der Waals surface area (Å²) >= 11 is 0. The topological polar surface area (TPSA) is 86.2 Å². The maximum absolute atomic E-state index is 11.2. The molecule has 0 spiro atoms. The maximum Gasteiger partial charge on any atom is 0.221 e. The van der Waals surface area contributed by atoms with Gasteiger partial charge in [0.15, 0.2) is 0 Å².